The smallest absolute Gasteiger partial charge is 0.241 e. The van der Waals surface area contributed by atoms with Gasteiger partial charge in [0.25, 0.3) is 0 Å². The normalized spacial score (nSPS) is 19.4. The summed E-state index contributed by atoms with van der Waals surface area (Å²) in [6.07, 6.45) is -0.911. The fourth-order valence-electron chi connectivity index (χ4n) is 6.15. The summed E-state index contributed by atoms with van der Waals surface area (Å²) < 4.78 is 42.4. The zero-order valence-corrected chi connectivity index (χ0v) is 31.2. The Morgan fingerprint density at radius 1 is 0.792 bits per heavy atom. The van der Waals surface area contributed by atoms with Gasteiger partial charge in [-0.3, -0.25) is 4.79 Å². The van der Waals surface area contributed by atoms with Crippen molar-refractivity contribution >= 4 is 27.7 Å². The molecule has 11 heteroatoms. The Hall–Kier alpha value is -4.49. The van der Waals surface area contributed by atoms with Crippen LogP contribution >= 0.6 is 11.8 Å². The number of hydrogen-bond donors (Lipinski definition) is 4. The number of amides is 1. The molecule has 0 aromatic heterocycles. The first-order valence-corrected chi connectivity index (χ1v) is 20.0. The third-order valence-corrected chi connectivity index (χ3v) is 11.9. The molecule has 276 valence electrons. The predicted octanol–water partition coefficient (Wildman–Crippen LogP) is 6.98. The maximum Gasteiger partial charge on any atom is 0.241 e. The lowest BCUT2D eigenvalue weighted by atomic mass is 9.91. The van der Waals surface area contributed by atoms with E-state index in [0.29, 0.717) is 5.75 Å². The monoisotopic (exact) mass is 752 g/mol. The minimum atomic E-state index is -3.96. The molecule has 1 saturated heterocycles. The van der Waals surface area contributed by atoms with Gasteiger partial charge in [0.2, 0.25) is 15.9 Å². The van der Waals surface area contributed by atoms with E-state index in [1.807, 2.05) is 97.9 Å². The molecule has 0 aliphatic carbocycles. The number of aliphatic hydroxyl groups excluding tert-OH is 1. The van der Waals surface area contributed by atoms with Crippen LogP contribution in [0.2, 0.25) is 0 Å². The highest BCUT2D eigenvalue weighted by molar-refractivity contribution is 7.99. The van der Waals surface area contributed by atoms with Crippen molar-refractivity contribution in [2.24, 2.45) is 5.92 Å². The fraction of sp³-hybridized carbons (Fsp3) is 0.262. The minimum absolute atomic E-state index is 0.0117. The summed E-state index contributed by atoms with van der Waals surface area (Å²) in [6.45, 7) is 4.14. The van der Waals surface area contributed by atoms with Gasteiger partial charge in [0.15, 0.2) is 6.29 Å². The number of hydrogen-bond acceptors (Lipinski definition) is 8. The van der Waals surface area contributed by atoms with Crippen molar-refractivity contribution in [1.29, 1.82) is 0 Å². The first kappa shape index (κ1) is 38.2. The fourth-order valence-corrected chi connectivity index (χ4v) is 8.41. The molecule has 1 aliphatic heterocycles. The maximum absolute atomic E-state index is 13.6. The first-order chi connectivity index (χ1) is 25.6. The maximum atomic E-state index is 13.6. The lowest BCUT2D eigenvalue weighted by Crippen LogP contribution is -2.47. The van der Waals surface area contributed by atoms with Crippen LogP contribution in [-0.4, -0.2) is 42.4 Å². The summed E-state index contributed by atoms with van der Waals surface area (Å²) >= 11 is 1.65. The number of thioether (sulfide) groups is 1. The predicted molar refractivity (Wildman–Crippen MR) is 206 cm³/mol. The molecule has 53 heavy (non-hydrogen) atoms. The number of aliphatic hydroxyl groups is 1. The van der Waals surface area contributed by atoms with Crippen LogP contribution in [0.4, 0.5) is 0 Å². The number of aromatic hydroxyl groups is 1. The average molecular weight is 753 g/mol. The van der Waals surface area contributed by atoms with E-state index >= 15 is 0 Å². The van der Waals surface area contributed by atoms with E-state index < -0.39 is 28.3 Å². The Morgan fingerprint density at radius 2 is 1.43 bits per heavy atom. The molecule has 1 fully saturated rings. The van der Waals surface area contributed by atoms with E-state index in [1.165, 1.54) is 12.1 Å². The Balaban J connectivity index is 1.15. The second-order valence-electron chi connectivity index (χ2n) is 13.3. The number of ether oxygens (including phenoxy) is 2. The van der Waals surface area contributed by atoms with Crippen LogP contribution in [0.5, 0.6) is 5.75 Å². The van der Waals surface area contributed by atoms with Crippen LogP contribution in [0.25, 0.3) is 0 Å². The second kappa shape index (κ2) is 17.6. The van der Waals surface area contributed by atoms with Crippen LogP contribution in [0.3, 0.4) is 0 Å². The number of aryl methyl sites for hydroxylation is 1. The molecular weight excluding hydrogens is 709 g/mol. The van der Waals surface area contributed by atoms with Gasteiger partial charge >= 0.3 is 0 Å². The molecule has 4 N–H and O–H groups in total. The highest BCUT2D eigenvalue weighted by Crippen LogP contribution is 2.43. The molecule has 1 amide bonds. The van der Waals surface area contributed by atoms with Crippen molar-refractivity contribution in [3.8, 4) is 5.75 Å². The number of phenolic OH excluding ortho intramolecular Hbond substituents is 1. The molecule has 5 aromatic carbocycles. The number of carbonyl (C=O) groups excluding carboxylic acids is 1. The van der Waals surface area contributed by atoms with Crippen molar-refractivity contribution < 1.29 is 32.9 Å². The zero-order valence-electron chi connectivity index (χ0n) is 29.6. The molecule has 1 unspecified atom stereocenters. The van der Waals surface area contributed by atoms with E-state index in [1.54, 1.807) is 36.0 Å². The molecule has 1 heterocycles. The van der Waals surface area contributed by atoms with Gasteiger partial charge in [0.1, 0.15) is 11.8 Å². The number of benzene rings is 5. The van der Waals surface area contributed by atoms with Gasteiger partial charge in [-0.15, -0.1) is 11.8 Å². The van der Waals surface area contributed by atoms with Gasteiger partial charge in [-0.25, -0.2) is 8.42 Å². The van der Waals surface area contributed by atoms with Gasteiger partial charge in [-0.1, -0.05) is 103 Å². The quantitative estimate of drug-likeness (QED) is 0.0894. The summed E-state index contributed by atoms with van der Waals surface area (Å²) in [5, 5.41) is 22.2. The molecule has 9 nitrogen and oxygen atoms in total. The Kier molecular flexibility index (Phi) is 12.7. The second-order valence-corrected chi connectivity index (χ2v) is 16.1. The summed E-state index contributed by atoms with van der Waals surface area (Å²) in [6, 6.07) is 37.3. The number of rotatable bonds is 14. The molecule has 5 aromatic rings. The van der Waals surface area contributed by atoms with Crippen molar-refractivity contribution in [2.75, 3.05) is 5.75 Å². The zero-order chi connectivity index (χ0) is 37.4. The molecule has 1 aliphatic rings. The van der Waals surface area contributed by atoms with E-state index in [9.17, 15) is 23.4 Å². The number of nitrogens with one attached hydrogen (secondary N) is 2. The summed E-state index contributed by atoms with van der Waals surface area (Å²) in [5.74, 6) is 0.455. The van der Waals surface area contributed by atoms with Crippen LogP contribution < -0.4 is 10.0 Å². The summed E-state index contributed by atoms with van der Waals surface area (Å²) in [4.78, 5) is 14.7. The lowest BCUT2D eigenvalue weighted by molar-refractivity contribution is -0.268. The van der Waals surface area contributed by atoms with E-state index in [-0.39, 0.29) is 48.3 Å². The van der Waals surface area contributed by atoms with Crippen molar-refractivity contribution in [2.45, 2.75) is 67.8 Å². The molecule has 0 bridgehead atoms. The standard InChI is InChI=1S/C42H44N2O7S2/c1-28-8-22-37(23-9-28)53(48,49)44-38(24-30-6-4-3-5-7-30)41(47)43-25-31-10-16-34(17-11-31)42-50-39(27-52-36-20-18-35(46)19-21-36)29(2)40(51-42)33-14-12-32(26-45)13-15-33/h3-23,29,38-40,42,44-46H,24-27H2,1-2H3,(H,43,47)/t29-,38+,39+,40+,42?/m0/s1. The highest BCUT2D eigenvalue weighted by atomic mass is 32.2. The number of sulfonamides is 1. The van der Waals surface area contributed by atoms with Crippen molar-refractivity contribution in [3.05, 3.63) is 161 Å². The SMILES string of the molecule is Cc1ccc(S(=O)(=O)N[C@H](Cc2ccccc2)C(=O)NCc2ccc(C3O[C@H](CSc4ccc(O)cc4)[C@H](C)[C@H](c4ccc(CO)cc4)O3)cc2)cc1. The van der Waals surface area contributed by atoms with Crippen molar-refractivity contribution in [1.82, 2.24) is 10.0 Å². The largest absolute Gasteiger partial charge is 0.508 e. The Labute approximate surface area is 315 Å². The Bertz CT molecular complexity index is 2040. The first-order valence-electron chi connectivity index (χ1n) is 17.5. The molecular formula is C42H44N2O7S2. The van der Waals surface area contributed by atoms with Crippen LogP contribution in [0.1, 0.15) is 52.7 Å². The average Bonchev–Trinajstić information content (AvgIpc) is 3.17. The van der Waals surface area contributed by atoms with E-state index in [4.69, 9.17) is 9.47 Å². The summed E-state index contributed by atoms with van der Waals surface area (Å²) in [7, 11) is -3.96. The molecule has 0 spiro atoms. The lowest BCUT2D eigenvalue weighted by Gasteiger charge is -2.41. The van der Waals surface area contributed by atoms with E-state index in [2.05, 4.69) is 17.0 Å². The van der Waals surface area contributed by atoms with Gasteiger partial charge in [0.05, 0.1) is 23.7 Å². The van der Waals surface area contributed by atoms with Gasteiger partial charge in [0, 0.05) is 28.7 Å². The van der Waals surface area contributed by atoms with Gasteiger partial charge in [-0.05, 0) is 72.0 Å². The van der Waals surface area contributed by atoms with Crippen LogP contribution in [0, 0.1) is 12.8 Å². The van der Waals surface area contributed by atoms with Crippen LogP contribution in [-0.2, 0) is 43.9 Å². The molecule has 5 atom stereocenters. The van der Waals surface area contributed by atoms with Crippen LogP contribution in [0.15, 0.2) is 137 Å². The topological polar surface area (TPSA) is 134 Å². The molecule has 0 saturated carbocycles. The minimum Gasteiger partial charge on any atom is -0.508 e. The third-order valence-electron chi connectivity index (χ3n) is 9.32. The van der Waals surface area contributed by atoms with E-state index in [0.717, 1.165) is 38.3 Å². The number of carbonyl (C=O) groups is 1. The number of phenols is 1. The Morgan fingerprint density at radius 3 is 2.09 bits per heavy atom. The van der Waals surface area contributed by atoms with Crippen molar-refractivity contribution in [3.63, 3.8) is 0 Å². The molecule has 6 rings (SSSR count). The van der Waals surface area contributed by atoms with Gasteiger partial charge < -0.3 is 25.0 Å². The highest BCUT2D eigenvalue weighted by Gasteiger charge is 2.38. The summed E-state index contributed by atoms with van der Waals surface area (Å²) in [5.41, 5.74) is 5.21. The molecule has 0 radical (unpaired) electrons. The third kappa shape index (κ3) is 10.1. The van der Waals surface area contributed by atoms with Gasteiger partial charge in [-0.2, -0.15) is 4.72 Å².